The molecule has 0 bridgehead atoms. The predicted molar refractivity (Wildman–Crippen MR) is 74.3 cm³/mol. The molecule has 1 aliphatic carbocycles. The highest BCUT2D eigenvalue weighted by Gasteiger charge is 2.32. The Morgan fingerprint density at radius 3 is 2.65 bits per heavy atom. The smallest absolute Gasteiger partial charge is 0.0101 e. The molecule has 1 aliphatic heterocycles. The van der Waals surface area contributed by atoms with Gasteiger partial charge in [-0.15, -0.1) is 0 Å². The SMILES string of the molecule is CCC1CCCC(N2CCC(NC)CC2C)C1. The Balaban J connectivity index is 1.89. The molecule has 0 amide bonds. The number of piperidine rings is 1. The van der Waals surface area contributed by atoms with Crippen LogP contribution in [0.3, 0.4) is 0 Å². The Labute approximate surface area is 107 Å². The molecule has 0 aromatic rings. The van der Waals surface area contributed by atoms with Crippen molar-refractivity contribution in [3.05, 3.63) is 0 Å². The van der Waals surface area contributed by atoms with E-state index < -0.39 is 0 Å². The topological polar surface area (TPSA) is 15.3 Å². The summed E-state index contributed by atoms with van der Waals surface area (Å²) in [6.07, 6.45) is 9.92. The molecule has 2 nitrogen and oxygen atoms in total. The Kier molecular flexibility index (Phi) is 4.87. The molecule has 0 spiro atoms. The summed E-state index contributed by atoms with van der Waals surface area (Å²) in [4.78, 5) is 2.82. The second-order valence-electron chi connectivity index (χ2n) is 6.19. The maximum atomic E-state index is 3.45. The first-order chi connectivity index (χ1) is 8.24. The summed E-state index contributed by atoms with van der Waals surface area (Å²) in [6.45, 7) is 6.11. The average molecular weight is 238 g/mol. The van der Waals surface area contributed by atoms with Crippen LogP contribution in [-0.2, 0) is 0 Å². The average Bonchev–Trinajstić information content (AvgIpc) is 2.38. The number of rotatable bonds is 3. The molecule has 2 aliphatic rings. The molecule has 2 rings (SSSR count). The first kappa shape index (κ1) is 13.4. The molecule has 4 unspecified atom stereocenters. The summed E-state index contributed by atoms with van der Waals surface area (Å²) in [5, 5.41) is 3.45. The number of nitrogens with zero attached hydrogens (tertiary/aromatic N) is 1. The van der Waals surface area contributed by atoms with Crippen LogP contribution < -0.4 is 5.32 Å². The van der Waals surface area contributed by atoms with Crippen molar-refractivity contribution in [2.24, 2.45) is 5.92 Å². The van der Waals surface area contributed by atoms with E-state index in [4.69, 9.17) is 0 Å². The quantitative estimate of drug-likeness (QED) is 0.813. The van der Waals surface area contributed by atoms with Crippen molar-refractivity contribution in [3.8, 4) is 0 Å². The molecule has 17 heavy (non-hydrogen) atoms. The minimum absolute atomic E-state index is 0.756. The summed E-state index contributed by atoms with van der Waals surface area (Å²) < 4.78 is 0. The van der Waals surface area contributed by atoms with Gasteiger partial charge >= 0.3 is 0 Å². The Hall–Kier alpha value is -0.0800. The lowest BCUT2D eigenvalue weighted by Crippen LogP contribution is -2.51. The molecule has 0 radical (unpaired) electrons. The van der Waals surface area contributed by atoms with Crippen LogP contribution in [0.25, 0.3) is 0 Å². The van der Waals surface area contributed by atoms with Crippen LogP contribution in [0.15, 0.2) is 0 Å². The van der Waals surface area contributed by atoms with Gasteiger partial charge in [0.25, 0.3) is 0 Å². The largest absolute Gasteiger partial charge is 0.317 e. The molecular weight excluding hydrogens is 208 g/mol. The number of hydrogen-bond acceptors (Lipinski definition) is 2. The summed E-state index contributed by atoms with van der Waals surface area (Å²) in [7, 11) is 2.11. The zero-order valence-electron chi connectivity index (χ0n) is 11.9. The second kappa shape index (κ2) is 6.19. The van der Waals surface area contributed by atoms with E-state index >= 15 is 0 Å². The van der Waals surface area contributed by atoms with Crippen LogP contribution >= 0.6 is 0 Å². The van der Waals surface area contributed by atoms with E-state index in [1.54, 1.807) is 0 Å². The molecular formula is C15H30N2. The van der Waals surface area contributed by atoms with Crippen LogP contribution in [0.5, 0.6) is 0 Å². The van der Waals surface area contributed by atoms with Gasteiger partial charge < -0.3 is 5.32 Å². The zero-order valence-corrected chi connectivity index (χ0v) is 11.9. The van der Waals surface area contributed by atoms with Gasteiger partial charge in [-0.1, -0.05) is 26.2 Å². The molecule has 1 heterocycles. The van der Waals surface area contributed by atoms with E-state index in [1.165, 1.54) is 51.5 Å². The Bertz CT molecular complexity index is 229. The lowest BCUT2D eigenvalue weighted by molar-refractivity contribution is 0.0551. The summed E-state index contributed by atoms with van der Waals surface area (Å²) in [5.41, 5.74) is 0. The molecule has 100 valence electrons. The fourth-order valence-electron chi connectivity index (χ4n) is 3.93. The third kappa shape index (κ3) is 3.23. The van der Waals surface area contributed by atoms with Gasteiger partial charge in [0, 0.05) is 24.7 Å². The van der Waals surface area contributed by atoms with Gasteiger partial charge in [-0.05, 0) is 45.6 Å². The van der Waals surface area contributed by atoms with E-state index in [1.807, 2.05) is 0 Å². The van der Waals surface area contributed by atoms with Crippen LogP contribution in [0.2, 0.25) is 0 Å². The fraction of sp³-hybridized carbons (Fsp3) is 1.00. The van der Waals surface area contributed by atoms with Crippen molar-refractivity contribution >= 4 is 0 Å². The molecule has 0 aromatic carbocycles. The molecule has 1 saturated heterocycles. The van der Waals surface area contributed by atoms with Crippen molar-refractivity contribution in [1.82, 2.24) is 10.2 Å². The summed E-state index contributed by atoms with van der Waals surface area (Å²) >= 11 is 0. The van der Waals surface area contributed by atoms with Gasteiger partial charge in [0.2, 0.25) is 0 Å². The summed E-state index contributed by atoms with van der Waals surface area (Å²) in [6, 6.07) is 2.43. The molecule has 2 fully saturated rings. The highest BCUT2D eigenvalue weighted by atomic mass is 15.2. The monoisotopic (exact) mass is 238 g/mol. The number of hydrogen-bond donors (Lipinski definition) is 1. The Morgan fingerprint density at radius 1 is 1.18 bits per heavy atom. The first-order valence-corrected chi connectivity index (χ1v) is 7.67. The lowest BCUT2D eigenvalue weighted by atomic mass is 9.82. The predicted octanol–water partition coefficient (Wildman–Crippen LogP) is 3.03. The Morgan fingerprint density at radius 2 is 2.00 bits per heavy atom. The zero-order chi connectivity index (χ0) is 12.3. The van der Waals surface area contributed by atoms with Gasteiger partial charge in [-0.25, -0.2) is 0 Å². The van der Waals surface area contributed by atoms with Gasteiger partial charge in [0.15, 0.2) is 0 Å². The van der Waals surface area contributed by atoms with Crippen LogP contribution in [-0.4, -0.2) is 36.6 Å². The third-order valence-electron chi connectivity index (χ3n) is 5.14. The van der Waals surface area contributed by atoms with Gasteiger partial charge in [0.1, 0.15) is 0 Å². The van der Waals surface area contributed by atoms with Gasteiger partial charge in [0.05, 0.1) is 0 Å². The minimum Gasteiger partial charge on any atom is -0.317 e. The highest BCUT2D eigenvalue weighted by Crippen LogP contribution is 2.32. The molecule has 1 N–H and O–H groups in total. The van der Waals surface area contributed by atoms with Crippen molar-refractivity contribution in [2.75, 3.05) is 13.6 Å². The summed E-state index contributed by atoms with van der Waals surface area (Å²) in [5.74, 6) is 1.00. The second-order valence-corrected chi connectivity index (χ2v) is 6.19. The van der Waals surface area contributed by atoms with Crippen LogP contribution in [0.4, 0.5) is 0 Å². The maximum Gasteiger partial charge on any atom is 0.0101 e. The minimum atomic E-state index is 0.756. The first-order valence-electron chi connectivity index (χ1n) is 7.67. The van der Waals surface area contributed by atoms with Gasteiger partial charge in [-0.2, -0.15) is 0 Å². The van der Waals surface area contributed by atoms with E-state index in [2.05, 4.69) is 31.1 Å². The molecule has 4 atom stereocenters. The van der Waals surface area contributed by atoms with Crippen molar-refractivity contribution in [3.63, 3.8) is 0 Å². The van der Waals surface area contributed by atoms with Crippen molar-refractivity contribution in [1.29, 1.82) is 0 Å². The highest BCUT2D eigenvalue weighted by molar-refractivity contribution is 4.88. The normalized spacial score (nSPS) is 40.4. The van der Waals surface area contributed by atoms with Crippen LogP contribution in [0, 0.1) is 5.92 Å². The van der Waals surface area contributed by atoms with E-state index in [0.29, 0.717) is 0 Å². The van der Waals surface area contributed by atoms with E-state index in [9.17, 15) is 0 Å². The molecule has 2 heteroatoms. The van der Waals surface area contributed by atoms with E-state index in [0.717, 1.165) is 24.0 Å². The van der Waals surface area contributed by atoms with Crippen molar-refractivity contribution in [2.45, 2.75) is 76.9 Å². The van der Waals surface area contributed by atoms with Gasteiger partial charge in [-0.3, -0.25) is 4.90 Å². The standard InChI is InChI=1S/C15H30N2/c1-4-13-6-5-7-15(11-13)17-9-8-14(16-3)10-12(17)2/h12-16H,4-11H2,1-3H3. The fourth-order valence-corrected chi connectivity index (χ4v) is 3.93. The van der Waals surface area contributed by atoms with E-state index in [-0.39, 0.29) is 0 Å². The maximum absolute atomic E-state index is 3.45. The number of likely N-dealkylation sites (tertiary alicyclic amines) is 1. The van der Waals surface area contributed by atoms with Crippen molar-refractivity contribution < 1.29 is 0 Å². The van der Waals surface area contributed by atoms with Crippen LogP contribution in [0.1, 0.15) is 58.8 Å². The third-order valence-corrected chi connectivity index (χ3v) is 5.14. The number of nitrogens with one attached hydrogen (secondary N) is 1. The lowest BCUT2D eigenvalue weighted by Gasteiger charge is -2.45. The molecule has 0 aromatic heterocycles. The molecule has 1 saturated carbocycles.